The fourth-order valence-electron chi connectivity index (χ4n) is 1.72. The lowest BCUT2D eigenvalue weighted by molar-refractivity contribution is 0.102. The van der Waals surface area contributed by atoms with Gasteiger partial charge in [-0.05, 0) is 24.3 Å². The fraction of sp³-hybridized carbons (Fsp3) is 0. The summed E-state index contributed by atoms with van der Waals surface area (Å²) in [5.41, 5.74) is 1.88. The molecule has 0 saturated heterocycles. The molecule has 0 spiro atoms. The van der Waals surface area contributed by atoms with Gasteiger partial charge in [0.1, 0.15) is 5.69 Å². The quantitative estimate of drug-likeness (QED) is 0.793. The number of nitrogens with one attached hydrogen (secondary N) is 1. The highest BCUT2D eigenvalue weighted by Crippen LogP contribution is 2.14. The molecule has 6 nitrogen and oxygen atoms in total. The first-order valence-corrected chi connectivity index (χ1v) is 6.29. The molecule has 0 bridgehead atoms. The van der Waals surface area contributed by atoms with Crippen molar-refractivity contribution in [2.45, 2.75) is 0 Å². The lowest BCUT2D eigenvalue weighted by Crippen LogP contribution is -2.15. The van der Waals surface area contributed by atoms with Gasteiger partial charge >= 0.3 is 0 Å². The average molecular weight is 277 g/mol. The maximum Gasteiger partial charge on any atom is 0.276 e. The van der Waals surface area contributed by atoms with E-state index in [9.17, 15) is 4.79 Å². The Balaban J connectivity index is 1.75. The van der Waals surface area contributed by atoms with Crippen molar-refractivity contribution < 1.29 is 4.79 Å². The van der Waals surface area contributed by atoms with Gasteiger partial charge in [0, 0.05) is 30.4 Å². The molecule has 0 aliphatic heterocycles. The summed E-state index contributed by atoms with van der Waals surface area (Å²) in [5, 5.41) is 2.59. The van der Waals surface area contributed by atoms with Crippen LogP contribution in [0.3, 0.4) is 0 Å². The number of hydrogen-bond donors (Lipinski definition) is 1. The SMILES string of the molecule is O=C(Nc1ncc(-c2ccccn2)cn1)c1ccccn1. The predicted molar refractivity (Wildman–Crippen MR) is 77.5 cm³/mol. The first kappa shape index (κ1) is 12.9. The number of hydrogen-bond acceptors (Lipinski definition) is 5. The second-order valence-corrected chi connectivity index (χ2v) is 4.18. The molecule has 0 aliphatic rings. The van der Waals surface area contributed by atoms with Crippen LogP contribution in [0.1, 0.15) is 10.5 Å². The van der Waals surface area contributed by atoms with E-state index < -0.39 is 0 Å². The first-order chi connectivity index (χ1) is 10.3. The number of aromatic nitrogens is 4. The van der Waals surface area contributed by atoms with Gasteiger partial charge in [0.15, 0.2) is 0 Å². The highest BCUT2D eigenvalue weighted by molar-refractivity contribution is 6.01. The van der Waals surface area contributed by atoms with Crippen molar-refractivity contribution in [3.63, 3.8) is 0 Å². The highest BCUT2D eigenvalue weighted by Gasteiger charge is 2.08. The number of amides is 1. The van der Waals surface area contributed by atoms with Crippen molar-refractivity contribution >= 4 is 11.9 Å². The van der Waals surface area contributed by atoms with Crippen LogP contribution in [0.25, 0.3) is 11.3 Å². The van der Waals surface area contributed by atoms with E-state index in [4.69, 9.17) is 0 Å². The van der Waals surface area contributed by atoms with Gasteiger partial charge < -0.3 is 0 Å². The zero-order valence-corrected chi connectivity index (χ0v) is 11.0. The molecule has 3 aromatic rings. The van der Waals surface area contributed by atoms with Crippen molar-refractivity contribution in [2.75, 3.05) is 5.32 Å². The third-order valence-electron chi connectivity index (χ3n) is 2.74. The second-order valence-electron chi connectivity index (χ2n) is 4.18. The summed E-state index contributed by atoms with van der Waals surface area (Å²) >= 11 is 0. The van der Waals surface area contributed by atoms with E-state index in [1.807, 2.05) is 18.2 Å². The first-order valence-electron chi connectivity index (χ1n) is 6.29. The number of nitrogens with zero attached hydrogens (tertiary/aromatic N) is 4. The lowest BCUT2D eigenvalue weighted by Gasteiger charge is -2.04. The van der Waals surface area contributed by atoms with Crippen molar-refractivity contribution in [2.24, 2.45) is 0 Å². The summed E-state index contributed by atoms with van der Waals surface area (Å²) in [6.45, 7) is 0. The molecule has 21 heavy (non-hydrogen) atoms. The average Bonchev–Trinajstić information content (AvgIpc) is 2.57. The third-order valence-corrected chi connectivity index (χ3v) is 2.74. The van der Waals surface area contributed by atoms with Crippen LogP contribution >= 0.6 is 0 Å². The third kappa shape index (κ3) is 3.06. The topological polar surface area (TPSA) is 80.7 Å². The van der Waals surface area contributed by atoms with Gasteiger partial charge in [-0.1, -0.05) is 12.1 Å². The summed E-state index contributed by atoms with van der Waals surface area (Å²) in [7, 11) is 0. The molecule has 0 aromatic carbocycles. The monoisotopic (exact) mass is 277 g/mol. The maximum absolute atomic E-state index is 11.9. The minimum absolute atomic E-state index is 0.227. The Kier molecular flexibility index (Phi) is 3.60. The van der Waals surface area contributed by atoms with E-state index in [2.05, 4.69) is 25.3 Å². The second kappa shape index (κ2) is 5.87. The van der Waals surface area contributed by atoms with E-state index in [-0.39, 0.29) is 11.9 Å². The molecule has 3 heterocycles. The van der Waals surface area contributed by atoms with Crippen LogP contribution < -0.4 is 5.32 Å². The Morgan fingerprint density at radius 2 is 1.57 bits per heavy atom. The minimum Gasteiger partial charge on any atom is -0.289 e. The summed E-state index contributed by atoms with van der Waals surface area (Å²) < 4.78 is 0. The van der Waals surface area contributed by atoms with E-state index in [0.717, 1.165) is 11.3 Å². The predicted octanol–water partition coefficient (Wildman–Crippen LogP) is 2.19. The normalized spacial score (nSPS) is 10.1. The molecule has 0 radical (unpaired) electrons. The van der Waals surface area contributed by atoms with E-state index in [1.54, 1.807) is 43.0 Å². The Bertz CT molecular complexity index is 729. The Morgan fingerprint density at radius 3 is 2.19 bits per heavy atom. The van der Waals surface area contributed by atoms with Gasteiger partial charge in [-0.25, -0.2) is 9.97 Å². The van der Waals surface area contributed by atoms with Crippen LogP contribution in [0.4, 0.5) is 5.95 Å². The molecule has 0 atom stereocenters. The van der Waals surface area contributed by atoms with Gasteiger partial charge in [0.25, 0.3) is 5.91 Å². The Hall–Kier alpha value is -3.15. The molecular weight excluding hydrogens is 266 g/mol. The zero-order chi connectivity index (χ0) is 14.5. The van der Waals surface area contributed by atoms with Crippen LogP contribution in [0.2, 0.25) is 0 Å². The Labute approximate surface area is 121 Å². The molecule has 0 unspecified atom stereocenters. The van der Waals surface area contributed by atoms with Crippen LogP contribution in [0.15, 0.2) is 61.2 Å². The lowest BCUT2D eigenvalue weighted by atomic mass is 10.2. The molecule has 6 heteroatoms. The smallest absolute Gasteiger partial charge is 0.276 e. The van der Waals surface area contributed by atoms with Gasteiger partial charge in [0.05, 0.1) is 5.69 Å². The molecule has 3 rings (SSSR count). The van der Waals surface area contributed by atoms with Gasteiger partial charge in [0.2, 0.25) is 5.95 Å². The highest BCUT2D eigenvalue weighted by atomic mass is 16.2. The molecule has 1 amide bonds. The molecular formula is C15H11N5O. The standard InChI is InChI=1S/C15H11N5O/c21-14(13-6-2-4-8-17-13)20-15-18-9-11(10-19-15)12-5-1-3-7-16-12/h1-10H,(H,18,19,20,21). The number of anilines is 1. The van der Waals surface area contributed by atoms with E-state index >= 15 is 0 Å². The molecule has 0 aliphatic carbocycles. The molecule has 102 valence electrons. The molecule has 0 fully saturated rings. The van der Waals surface area contributed by atoms with Crippen molar-refractivity contribution in [3.8, 4) is 11.3 Å². The summed E-state index contributed by atoms with van der Waals surface area (Å²) in [6, 6.07) is 10.7. The molecule has 3 aromatic heterocycles. The van der Waals surface area contributed by atoms with Gasteiger partial charge in [-0.3, -0.25) is 20.1 Å². The number of carbonyl (C=O) groups excluding carboxylic acids is 1. The van der Waals surface area contributed by atoms with Crippen molar-refractivity contribution in [3.05, 3.63) is 66.9 Å². The number of carbonyl (C=O) groups is 1. The van der Waals surface area contributed by atoms with Crippen LogP contribution in [0.5, 0.6) is 0 Å². The van der Waals surface area contributed by atoms with Crippen molar-refractivity contribution in [1.29, 1.82) is 0 Å². The molecule has 1 N–H and O–H groups in total. The maximum atomic E-state index is 11.9. The van der Waals surface area contributed by atoms with Gasteiger partial charge in [-0.2, -0.15) is 0 Å². The summed E-state index contributed by atoms with van der Waals surface area (Å²) in [4.78, 5) is 28.3. The van der Waals surface area contributed by atoms with Crippen LogP contribution in [-0.2, 0) is 0 Å². The number of pyridine rings is 2. The van der Waals surface area contributed by atoms with Crippen LogP contribution in [-0.4, -0.2) is 25.8 Å². The minimum atomic E-state index is -0.346. The molecule has 0 saturated carbocycles. The largest absolute Gasteiger partial charge is 0.289 e. The van der Waals surface area contributed by atoms with E-state index in [1.165, 1.54) is 0 Å². The van der Waals surface area contributed by atoms with E-state index in [0.29, 0.717) is 5.69 Å². The summed E-state index contributed by atoms with van der Waals surface area (Å²) in [6.07, 6.45) is 6.48. The van der Waals surface area contributed by atoms with Gasteiger partial charge in [-0.15, -0.1) is 0 Å². The van der Waals surface area contributed by atoms with Crippen molar-refractivity contribution in [1.82, 2.24) is 19.9 Å². The zero-order valence-electron chi connectivity index (χ0n) is 11.0. The fourth-order valence-corrected chi connectivity index (χ4v) is 1.72. The Morgan fingerprint density at radius 1 is 0.857 bits per heavy atom. The van der Waals surface area contributed by atoms with Crippen LogP contribution in [0, 0.1) is 0 Å². The number of rotatable bonds is 3. The summed E-state index contributed by atoms with van der Waals surface area (Å²) in [5.74, 6) is -0.119.